The average Bonchev–Trinajstić information content (AvgIpc) is 3.07. The van der Waals surface area contributed by atoms with Crippen molar-refractivity contribution in [2.24, 2.45) is 7.05 Å². The number of benzene rings is 1. The van der Waals surface area contributed by atoms with Crippen LogP contribution in [0, 0.1) is 0 Å². The number of unbranched alkanes of at least 4 members (excludes halogenated alkanes) is 1. The summed E-state index contributed by atoms with van der Waals surface area (Å²) >= 11 is 5.99. The summed E-state index contributed by atoms with van der Waals surface area (Å²) in [5.74, 6) is 0.621. The third kappa shape index (κ3) is 4.36. The van der Waals surface area contributed by atoms with Gasteiger partial charge in [0, 0.05) is 31.8 Å². The second-order valence-corrected chi connectivity index (χ2v) is 7.36. The summed E-state index contributed by atoms with van der Waals surface area (Å²) in [6.45, 7) is 2.57. The molecule has 2 heterocycles. The normalized spacial score (nSPS) is 11.7. The fourth-order valence-electron chi connectivity index (χ4n) is 3.23. The zero-order valence-corrected chi connectivity index (χ0v) is 17.4. The zero-order chi connectivity index (χ0) is 21.0. The van der Waals surface area contributed by atoms with Gasteiger partial charge in [0.15, 0.2) is 11.2 Å². The summed E-state index contributed by atoms with van der Waals surface area (Å²) in [6, 6.07) is 7.41. The average molecular weight is 417 g/mol. The molecule has 0 fully saturated rings. The van der Waals surface area contributed by atoms with E-state index in [-0.39, 0.29) is 13.2 Å². The number of rotatable bonds is 8. The minimum Gasteiger partial charge on any atom is -0.396 e. The van der Waals surface area contributed by atoms with E-state index >= 15 is 0 Å². The molecule has 7 nitrogen and oxygen atoms in total. The molecule has 29 heavy (non-hydrogen) atoms. The molecule has 0 saturated carbocycles. The Morgan fingerprint density at radius 2 is 1.90 bits per heavy atom. The van der Waals surface area contributed by atoms with Gasteiger partial charge in [0.2, 0.25) is 0 Å². The van der Waals surface area contributed by atoms with Crippen molar-refractivity contribution in [3.63, 3.8) is 0 Å². The lowest BCUT2D eigenvalue weighted by molar-refractivity contribution is 0.277. The van der Waals surface area contributed by atoms with E-state index < -0.39 is 11.2 Å². The maximum absolute atomic E-state index is 13.2. The third-order valence-corrected chi connectivity index (χ3v) is 5.03. The van der Waals surface area contributed by atoms with E-state index in [0.29, 0.717) is 35.0 Å². The van der Waals surface area contributed by atoms with Gasteiger partial charge in [-0.15, -0.1) is 0 Å². The summed E-state index contributed by atoms with van der Waals surface area (Å²) in [5.41, 5.74) is 0.861. The van der Waals surface area contributed by atoms with Crippen LogP contribution in [0.2, 0.25) is 5.02 Å². The van der Waals surface area contributed by atoms with Crippen molar-refractivity contribution in [3.05, 3.63) is 67.6 Å². The minimum absolute atomic E-state index is 0.0946. The van der Waals surface area contributed by atoms with Crippen molar-refractivity contribution in [2.45, 2.75) is 39.3 Å². The summed E-state index contributed by atoms with van der Waals surface area (Å²) in [6.07, 6.45) is 6.13. The molecule has 3 rings (SSSR count). The van der Waals surface area contributed by atoms with Gasteiger partial charge in [0.1, 0.15) is 5.82 Å². The zero-order valence-electron chi connectivity index (χ0n) is 16.6. The first-order valence-corrected chi connectivity index (χ1v) is 10.1. The molecule has 154 valence electrons. The summed E-state index contributed by atoms with van der Waals surface area (Å²) in [7, 11) is 1.61. The van der Waals surface area contributed by atoms with E-state index in [9.17, 15) is 9.59 Å². The SMILES string of the molecule is CCCC=Cc1nc2c(c(=O)n(CCCO)c(=O)n2C)n1Cc1ccc(Cl)cc1. The molecule has 2 aromatic heterocycles. The van der Waals surface area contributed by atoms with Crippen LogP contribution in [0.4, 0.5) is 0 Å². The summed E-state index contributed by atoms with van der Waals surface area (Å²) < 4.78 is 4.39. The Kier molecular flexibility index (Phi) is 6.71. The monoisotopic (exact) mass is 416 g/mol. The number of aliphatic hydroxyl groups is 1. The predicted molar refractivity (Wildman–Crippen MR) is 115 cm³/mol. The van der Waals surface area contributed by atoms with E-state index in [1.54, 1.807) is 19.2 Å². The third-order valence-electron chi connectivity index (χ3n) is 4.78. The van der Waals surface area contributed by atoms with Crippen LogP contribution >= 0.6 is 11.6 Å². The lowest BCUT2D eigenvalue weighted by Crippen LogP contribution is -2.39. The van der Waals surface area contributed by atoms with Crippen LogP contribution in [-0.4, -0.2) is 30.4 Å². The Balaban J connectivity index is 2.24. The van der Waals surface area contributed by atoms with Gasteiger partial charge in [-0.25, -0.2) is 9.78 Å². The number of aromatic nitrogens is 4. The van der Waals surface area contributed by atoms with Gasteiger partial charge in [-0.2, -0.15) is 0 Å². The highest BCUT2D eigenvalue weighted by molar-refractivity contribution is 6.30. The number of aliphatic hydroxyl groups excluding tert-OH is 1. The molecule has 0 radical (unpaired) electrons. The van der Waals surface area contributed by atoms with E-state index in [1.165, 1.54) is 4.57 Å². The molecular formula is C21H25ClN4O3. The van der Waals surface area contributed by atoms with Gasteiger partial charge in [0.25, 0.3) is 5.56 Å². The van der Waals surface area contributed by atoms with Crippen LogP contribution in [-0.2, 0) is 20.1 Å². The quantitative estimate of drug-likeness (QED) is 0.612. The summed E-state index contributed by atoms with van der Waals surface area (Å²) in [5, 5.41) is 9.77. The molecule has 0 aliphatic rings. The first-order chi connectivity index (χ1) is 14.0. The van der Waals surface area contributed by atoms with E-state index in [2.05, 4.69) is 11.9 Å². The molecule has 0 bridgehead atoms. The van der Waals surface area contributed by atoms with Crippen LogP contribution in [0.25, 0.3) is 17.2 Å². The first-order valence-electron chi connectivity index (χ1n) is 9.69. The number of imidazole rings is 1. The Hall–Kier alpha value is -2.64. The molecular weight excluding hydrogens is 392 g/mol. The molecule has 0 atom stereocenters. The number of nitrogens with zero attached hydrogens (tertiary/aromatic N) is 4. The highest BCUT2D eigenvalue weighted by atomic mass is 35.5. The van der Waals surface area contributed by atoms with Crippen LogP contribution in [0.15, 0.2) is 39.9 Å². The number of allylic oxidation sites excluding steroid dienone is 1. The van der Waals surface area contributed by atoms with E-state index in [1.807, 2.05) is 28.9 Å². The van der Waals surface area contributed by atoms with Crippen LogP contribution in [0.3, 0.4) is 0 Å². The van der Waals surface area contributed by atoms with Gasteiger partial charge >= 0.3 is 5.69 Å². The Bertz CT molecular complexity index is 1140. The largest absolute Gasteiger partial charge is 0.396 e. The predicted octanol–water partition coefficient (Wildman–Crippen LogP) is 2.79. The lowest BCUT2D eigenvalue weighted by atomic mass is 10.2. The number of fused-ring (bicyclic) bond motifs is 1. The summed E-state index contributed by atoms with van der Waals surface area (Å²) in [4.78, 5) is 30.4. The molecule has 0 saturated heterocycles. The van der Waals surface area contributed by atoms with Gasteiger partial charge < -0.3 is 9.67 Å². The second-order valence-electron chi connectivity index (χ2n) is 6.92. The van der Waals surface area contributed by atoms with Crippen molar-refractivity contribution in [1.82, 2.24) is 18.7 Å². The number of aryl methyl sites for hydroxylation is 1. The van der Waals surface area contributed by atoms with Crippen LogP contribution < -0.4 is 11.2 Å². The van der Waals surface area contributed by atoms with Crippen molar-refractivity contribution in [2.75, 3.05) is 6.61 Å². The number of hydrogen-bond donors (Lipinski definition) is 1. The number of halogens is 1. The van der Waals surface area contributed by atoms with Gasteiger partial charge in [-0.1, -0.05) is 43.2 Å². The molecule has 0 unspecified atom stereocenters. The van der Waals surface area contributed by atoms with E-state index in [4.69, 9.17) is 16.7 Å². The molecule has 0 spiro atoms. The van der Waals surface area contributed by atoms with Crippen molar-refractivity contribution in [1.29, 1.82) is 0 Å². The van der Waals surface area contributed by atoms with Crippen molar-refractivity contribution in [3.8, 4) is 0 Å². The minimum atomic E-state index is -0.434. The van der Waals surface area contributed by atoms with Crippen molar-refractivity contribution >= 4 is 28.8 Å². The fourth-order valence-corrected chi connectivity index (χ4v) is 3.36. The van der Waals surface area contributed by atoms with Crippen LogP contribution in [0.1, 0.15) is 37.6 Å². The first kappa shape index (κ1) is 21.1. The molecule has 0 aliphatic heterocycles. The van der Waals surface area contributed by atoms with Gasteiger partial charge in [0.05, 0.1) is 0 Å². The van der Waals surface area contributed by atoms with E-state index in [0.717, 1.165) is 23.0 Å². The maximum atomic E-state index is 13.2. The topological polar surface area (TPSA) is 82.1 Å². The van der Waals surface area contributed by atoms with Crippen LogP contribution in [0.5, 0.6) is 0 Å². The van der Waals surface area contributed by atoms with Crippen molar-refractivity contribution < 1.29 is 5.11 Å². The molecule has 0 aliphatic carbocycles. The van der Waals surface area contributed by atoms with Gasteiger partial charge in [-0.05, 0) is 36.6 Å². The Morgan fingerprint density at radius 3 is 2.55 bits per heavy atom. The fraction of sp³-hybridized carbons (Fsp3) is 0.381. The molecule has 3 aromatic rings. The Labute approximate surface area is 173 Å². The van der Waals surface area contributed by atoms with Gasteiger partial charge in [-0.3, -0.25) is 13.9 Å². The standard InChI is InChI=1S/C21H25ClN4O3/c1-3-4-5-7-17-23-19-18(26(17)14-15-8-10-16(22)11-9-15)20(28)25(12-6-13-27)21(29)24(19)2/h5,7-11,27H,3-4,6,12-14H2,1-2H3. The maximum Gasteiger partial charge on any atom is 0.332 e. The highest BCUT2D eigenvalue weighted by Crippen LogP contribution is 2.17. The molecule has 0 amide bonds. The molecule has 8 heteroatoms. The lowest BCUT2D eigenvalue weighted by Gasteiger charge is -2.10. The number of hydrogen-bond acceptors (Lipinski definition) is 4. The highest BCUT2D eigenvalue weighted by Gasteiger charge is 2.19. The smallest absolute Gasteiger partial charge is 0.332 e. The second kappa shape index (κ2) is 9.24. The molecule has 1 N–H and O–H groups in total. The Morgan fingerprint density at radius 1 is 1.17 bits per heavy atom. The molecule has 1 aromatic carbocycles.